The zero-order valence-electron chi connectivity index (χ0n) is 16.6. The lowest BCUT2D eigenvalue weighted by molar-refractivity contribution is -0.123. The lowest BCUT2D eigenvalue weighted by Gasteiger charge is -2.15. The van der Waals surface area contributed by atoms with Gasteiger partial charge in [0.1, 0.15) is 0 Å². The van der Waals surface area contributed by atoms with E-state index in [2.05, 4.69) is 10.0 Å². The van der Waals surface area contributed by atoms with Crippen LogP contribution in [0.5, 0.6) is 0 Å². The molecule has 29 heavy (non-hydrogen) atoms. The fourth-order valence-electron chi connectivity index (χ4n) is 2.72. The minimum atomic E-state index is -3.70. The van der Waals surface area contributed by atoms with Gasteiger partial charge in [0.15, 0.2) is 6.10 Å². The second-order valence-corrected chi connectivity index (χ2v) is 8.99. The predicted octanol–water partition coefficient (Wildman–Crippen LogP) is 2.93. The summed E-state index contributed by atoms with van der Waals surface area (Å²) in [6.07, 6.45) is 0.577. The quantitative estimate of drug-likeness (QED) is 0.676. The van der Waals surface area contributed by atoms with Crippen molar-refractivity contribution in [2.75, 3.05) is 5.32 Å². The average Bonchev–Trinajstić information content (AvgIpc) is 3.45. The molecule has 2 aromatic carbocycles. The molecule has 8 heteroatoms. The van der Waals surface area contributed by atoms with Crippen molar-refractivity contribution in [3.63, 3.8) is 0 Å². The van der Waals surface area contributed by atoms with E-state index in [0.29, 0.717) is 11.3 Å². The minimum Gasteiger partial charge on any atom is -0.449 e. The van der Waals surface area contributed by atoms with Gasteiger partial charge in [-0.15, -0.1) is 0 Å². The zero-order chi connectivity index (χ0) is 21.2. The maximum atomic E-state index is 12.6. The highest BCUT2D eigenvalue weighted by molar-refractivity contribution is 7.89. The van der Waals surface area contributed by atoms with Crippen LogP contribution in [-0.4, -0.2) is 32.4 Å². The Balaban J connectivity index is 1.70. The Labute approximate surface area is 170 Å². The Bertz CT molecular complexity index is 1040. The van der Waals surface area contributed by atoms with Crippen LogP contribution in [0.1, 0.15) is 41.3 Å². The summed E-state index contributed by atoms with van der Waals surface area (Å²) in [5.41, 5.74) is 2.26. The van der Waals surface area contributed by atoms with Crippen LogP contribution in [0, 0.1) is 13.8 Å². The molecule has 0 heterocycles. The number of carbonyl (C=O) groups excluding carboxylic acids is 2. The highest BCUT2D eigenvalue weighted by Gasteiger charge is 2.29. The number of rotatable bonds is 7. The average molecular weight is 416 g/mol. The molecule has 0 aromatic heterocycles. The summed E-state index contributed by atoms with van der Waals surface area (Å²) in [5, 5.41) is 2.70. The molecule has 7 nitrogen and oxygen atoms in total. The van der Waals surface area contributed by atoms with Gasteiger partial charge in [-0.2, -0.15) is 0 Å². The number of benzene rings is 2. The van der Waals surface area contributed by atoms with Crippen molar-refractivity contribution in [3.05, 3.63) is 59.2 Å². The fraction of sp³-hybridized carbons (Fsp3) is 0.333. The normalized spacial score (nSPS) is 14.9. The summed E-state index contributed by atoms with van der Waals surface area (Å²) in [6.45, 7) is 5.05. The number of ether oxygens (including phenoxy) is 1. The number of nitrogens with one attached hydrogen (secondary N) is 2. The molecular formula is C21H24N2O5S. The van der Waals surface area contributed by atoms with Crippen molar-refractivity contribution in [1.82, 2.24) is 4.72 Å². The number of sulfonamides is 1. The number of hydrogen-bond acceptors (Lipinski definition) is 5. The SMILES string of the molecule is Cc1cccc(NC(=O)C(C)OC(=O)c2cc(S(=O)(=O)NC3CC3)ccc2C)c1. The molecular weight excluding hydrogens is 392 g/mol. The fourth-order valence-corrected chi connectivity index (χ4v) is 4.05. The van der Waals surface area contributed by atoms with Gasteiger partial charge in [0.05, 0.1) is 10.5 Å². The molecule has 0 saturated heterocycles. The number of esters is 1. The third-order valence-corrected chi connectivity index (χ3v) is 6.10. The standard InChI is InChI=1S/C21H24N2O5S/c1-13-5-4-6-17(11-13)22-20(24)15(3)28-21(25)19-12-18(10-7-14(19)2)29(26,27)23-16-8-9-16/h4-7,10-12,15-16,23H,8-9H2,1-3H3,(H,22,24). The third kappa shape index (κ3) is 5.42. The van der Waals surface area contributed by atoms with E-state index >= 15 is 0 Å². The van der Waals surface area contributed by atoms with E-state index in [1.54, 1.807) is 25.1 Å². The molecule has 0 bridgehead atoms. The van der Waals surface area contributed by atoms with Crippen molar-refractivity contribution >= 4 is 27.6 Å². The number of anilines is 1. The number of amides is 1. The van der Waals surface area contributed by atoms with Crippen LogP contribution in [0.3, 0.4) is 0 Å². The van der Waals surface area contributed by atoms with Crippen LogP contribution in [0.2, 0.25) is 0 Å². The molecule has 1 amide bonds. The van der Waals surface area contributed by atoms with E-state index in [-0.39, 0.29) is 16.5 Å². The topological polar surface area (TPSA) is 102 Å². The Morgan fingerprint density at radius 3 is 2.48 bits per heavy atom. The van der Waals surface area contributed by atoms with Gasteiger partial charge in [0.25, 0.3) is 5.91 Å². The van der Waals surface area contributed by atoms with E-state index < -0.39 is 28.0 Å². The molecule has 1 unspecified atom stereocenters. The van der Waals surface area contributed by atoms with Crippen molar-refractivity contribution in [2.45, 2.75) is 50.7 Å². The molecule has 0 spiro atoms. The summed E-state index contributed by atoms with van der Waals surface area (Å²) in [7, 11) is -3.70. The largest absolute Gasteiger partial charge is 0.449 e. The van der Waals surface area contributed by atoms with Crippen molar-refractivity contribution in [2.24, 2.45) is 0 Å². The third-order valence-electron chi connectivity index (χ3n) is 4.58. The van der Waals surface area contributed by atoms with Crippen LogP contribution < -0.4 is 10.0 Å². The van der Waals surface area contributed by atoms with Crippen molar-refractivity contribution in [3.8, 4) is 0 Å². The van der Waals surface area contributed by atoms with E-state index in [4.69, 9.17) is 4.74 Å². The molecule has 2 aromatic rings. The Morgan fingerprint density at radius 2 is 1.83 bits per heavy atom. The monoisotopic (exact) mass is 416 g/mol. The molecule has 2 N–H and O–H groups in total. The van der Waals surface area contributed by atoms with Gasteiger partial charge in [-0.05, 0) is 69.0 Å². The molecule has 1 fully saturated rings. The first kappa shape index (κ1) is 21.0. The number of aryl methyl sites for hydroxylation is 2. The minimum absolute atomic E-state index is 0.00110. The molecule has 3 rings (SSSR count). The lowest BCUT2D eigenvalue weighted by Crippen LogP contribution is -2.30. The Morgan fingerprint density at radius 1 is 1.10 bits per heavy atom. The summed E-state index contributed by atoms with van der Waals surface area (Å²) in [6, 6.07) is 11.5. The van der Waals surface area contributed by atoms with Gasteiger partial charge in [-0.3, -0.25) is 4.79 Å². The van der Waals surface area contributed by atoms with Gasteiger partial charge in [0.2, 0.25) is 10.0 Å². The van der Waals surface area contributed by atoms with Gasteiger partial charge in [0, 0.05) is 11.7 Å². The zero-order valence-corrected chi connectivity index (χ0v) is 17.4. The summed E-state index contributed by atoms with van der Waals surface area (Å²) < 4.78 is 32.7. The number of hydrogen-bond donors (Lipinski definition) is 2. The van der Waals surface area contributed by atoms with Crippen molar-refractivity contribution in [1.29, 1.82) is 0 Å². The first-order chi connectivity index (χ1) is 13.7. The van der Waals surface area contributed by atoms with Crippen LogP contribution in [0.4, 0.5) is 5.69 Å². The van der Waals surface area contributed by atoms with E-state index in [9.17, 15) is 18.0 Å². The van der Waals surface area contributed by atoms with E-state index in [1.807, 2.05) is 19.1 Å². The van der Waals surface area contributed by atoms with Crippen LogP contribution in [-0.2, 0) is 19.6 Å². The molecule has 1 aliphatic carbocycles. The molecule has 1 saturated carbocycles. The molecule has 1 atom stereocenters. The van der Waals surface area contributed by atoms with Crippen LogP contribution >= 0.6 is 0 Å². The molecule has 154 valence electrons. The molecule has 1 aliphatic rings. The highest BCUT2D eigenvalue weighted by Crippen LogP contribution is 2.23. The Hall–Kier alpha value is -2.71. The maximum absolute atomic E-state index is 12.6. The highest BCUT2D eigenvalue weighted by atomic mass is 32.2. The predicted molar refractivity (Wildman–Crippen MR) is 109 cm³/mol. The second kappa shape index (κ2) is 8.34. The number of carbonyl (C=O) groups is 2. The first-order valence-corrected chi connectivity index (χ1v) is 10.9. The van der Waals surface area contributed by atoms with E-state index in [1.165, 1.54) is 19.1 Å². The summed E-state index contributed by atoms with van der Waals surface area (Å²) in [4.78, 5) is 24.9. The van der Waals surface area contributed by atoms with Gasteiger partial charge in [-0.1, -0.05) is 18.2 Å². The van der Waals surface area contributed by atoms with Gasteiger partial charge in [-0.25, -0.2) is 17.9 Å². The van der Waals surface area contributed by atoms with Crippen LogP contribution in [0.15, 0.2) is 47.4 Å². The Kier molecular flexibility index (Phi) is 6.04. The smallest absolute Gasteiger partial charge is 0.339 e. The first-order valence-electron chi connectivity index (χ1n) is 9.37. The summed E-state index contributed by atoms with van der Waals surface area (Å²) >= 11 is 0. The molecule has 0 radical (unpaired) electrons. The van der Waals surface area contributed by atoms with Gasteiger partial charge >= 0.3 is 5.97 Å². The van der Waals surface area contributed by atoms with Crippen LogP contribution in [0.25, 0.3) is 0 Å². The summed E-state index contributed by atoms with van der Waals surface area (Å²) in [5.74, 6) is -1.22. The van der Waals surface area contributed by atoms with Crippen molar-refractivity contribution < 1.29 is 22.7 Å². The lowest BCUT2D eigenvalue weighted by atomic mass is 10.1. The van der Waals surface area contributed by atoms with E-state index in [0.717, 1.165) is 18.4 Å². The van der Waals surface area contributed by atoms with Gasteiger partial charge < -0.3 is 10.1 Å². The molecule has 0 aliphatic heterocycles. The second-order valence-electron chi connectivity index (χ2n) is 7.28. The maximum Gasteiger partial charge on any atom is 0.339 e.